The molecule has 0 atom stereocenters. The lowest BCUT2D eigenvalue weighted by molar-refractivity contribution is 0.0525. The first-order valence-electron chi connectivity index (χ1n) is 4.79. The molecule has 4 nitrogen and oxygen atoms in total. The second-order valence-electron chi connectivity index (χ2n) is 3.34. The van der Waals surface area contributed by atoms with Gasteiger partial charge in [-0.2, -0.15) is 0 Å². The number of ether oxygens (including phenoxy) is 1. The van der Waals surface area contributed by atoms with Crippen LogP contribution in [0.1, 0.15) is 28.4 Å². The lowest BCUT2D eigenvalue weighted by Gasteiger charge is -2.23. The summed E-state index contributed by atoms with van der Waals surface area (Å²) in [6.07, 6.45) is 1.67. The molecule has 0 aromatic carbocycles. The van der Waals surface area contributed by atoms with Crippen molar-refractivity contribution in [3.05, 3.63) is 21.8 Å². The molecule has 0 amide bonds. The van der Waals surface area contributed by atoms with E-state index >= 15 is 0 Å². The first kappa shape index (κ1) is 10.2. The Morgan fingerprint density at radius 2 is 2.20 bits per heavy atom. The lowest BCUT2D eigenvalue weighted by atomic mass is 9.86. The number of anilines is 1. The van der Waals surface area contributed by atoms with Gasteiger partial charge in [-0.05, 0) is 30.9 Å². The molecule has 1 aliphatic carbocycles. The average molecular weight is 227 g/mol. The van der Waals surface area contributed by atoms with Crippen molar-refractivity contribution in [2.45, 2.75) is 19.8 Å². The number of fused-ring (bicyclic) bond motifs is 1. The summed E-state index contributed by atoms with van der Waals surface area (Å²) in [7, 11) is 0. The molecule has 0 radical (unpaired) electrons. The number of aromatic nitrogens is 1. The van der Waals surface area contributed by atoms with Gasteiger partial charge in [0.05, 0.1) is 6.61 Å². The first-order chi connectivity index (χ1) is 7.15. The topological polar surface area (TPSA) is 65.2 Å². The van der Waals surface area contributed by atoms with Crippen LogP contribution in [-0.4, -0.2) is 17.6 Å². The number of nitrogens with two attached hydrogens (primary N) is 1. The minimum atomic E-state index is -0.407. The number of carbonyl (C=O) groups is 1. The molecular weight excluding hydrogens is 216 g/mol. The molecule has 15 heavy (non-hydrogen) atoms. The SMILES string of the molecule is CCOC(=O)c1c(N)nc(Cl)c2c1CC2. The van der Waals surface area contributed by atoms with Crippen molar-refractivity contribution < 1.29 is 9.53 Å². The Labute approximate surface area is 92.4 Å². The number of pyridine rings is 1. The molecule has 1 aromatic heterocycles. The average Bonchev–Trinajstić information content (AvgIpc) is 2.09. The van der Waals surface area contributed by atoms with E-state index in [1.807, 2.05) is 0 Å². The maximum atomic E-state index is 11.6. The van der Waals surface area contributed by atoms with Crippen molar-refractivity contribution in [1.82, 2.24) is 4.98 Å². The van der Waals surface area contributed by atoms with Crippen LogP contribution in [0.2, 0.25) is 5.15 Å². The molecule has 0 saturated heterocycles. The maximum Gasteiger partial charge on any atom is 0.342 e. The second kappa shape index (κ2) is 3.70. The Hall–Kier alpha value is -1.29. The smallest absolute Gasteiger partial charge is 0.342 e. The summed E-state index contributed by atoms with van der Waals surface area (Å²) in [6.45, 7) is 2.08. The van der Waals surface area contributed by atoms with Crippen molar-refractivity contribution in [3.8, 4) is 0 Å². The van der Waals surface area contributed by atoms with E-state index in [1.165, 1.54) is 0 Å². The number of carbonyl (C=O) groups excluding carboxylic acids is 1. The summed E-state index contributed by atoms with van der Waals surface area (Å²) < 4.78 is 4.92. The van der Waals surface area contributed by atoms with Gasteiger partial charge in [0.15, 0.2) is 0 Å². The fourth-order valence-corrected chi connectivity index (χ4v) is 1.99. The van der Waals surface area contributed by atoms with Gasteiger partial charge >= 0.3 is 5.97 Å². The lowest BCUT2D eigenvalue weighted by Crippen LogP contribution is -2.21. The maximum absolute atomic E-state index is 11.6. The molecule has 80 valence electrons. The van der Waals surface area contributed by atoms with Gasteiger partial charge in [0.1, 0.15) is 16.5 Å². The molecule has 1 aromatic rings. The third-order valence-corrected chi connectivity index (χ3v) is 2.81. The molecule has 0 spiro atoms. The van der Waals surface area contributed by atoms with Crippen LogP contribution in [-0.2, 0) is 17.6 Å². The number of nitrogens with zero attached hydrogens (tertiary/aromatic N) is 1. The highest BCUT2D eigenvalue weighted by Crippen LogP contribution is 2.34. The van der Waals surface area contributed by atoms with Gasteiger partial charge in [-0.3, -0.25) is 0 Å². The van der Waals surface area contributed by atoms with E-state index in [9.17, 15) is 4.79 Å². The standard InChI is InChI=1S/C10H11ClN2O2/c1-2-15-10(14)7-5-3-4-6(5)8(11)13-9(7)12/h2-4H2,1H3,(H2,12,13). The predicted octanol–water partition coefficient (Wildman–Crippen LogP) is 1.59. The Balaban J connectivity index is 2.48. The van der Waals surface area contributed by atoms with Gasteiger partial charge in [0.2, 0.25) is 0 Å². The minimum absolute atomic E-state index is 0.164. The van der Waals surface area contributed by atoms with Crippen LogP contribution < -0.4 is 5.73 Å². The summed E-state index contributed by atoms with van der Waals surface area (Å²) in [4.78, 5) is 15.5. The molecule has 2 rings (SSSR count). The normalized spacial score (nSPS) is 12.9. The van der Waals surface area contributed by atoms with Crippen LogP contribution in [0.5, 0.6) is 0 Å². The zero-order valence-corrected chi connectivity index (χ0v) is 9.10. The van der Waals surface area contributed by atoms with E-state index in [0.717, 1.165) is 24.0 Å². The van der Waals surface area contributed by atoms with E-state index in [0.29, 0.717) is 17.3 Å². The highest BCUT2D eigenvalue weighted by atomic mass is 35.5. The van der Waals surface area contributed by atoms with E-state index in [-0.39, 0.29) is 5.82 Å². The molecular formula is C10H11ClN2O2. The molecule has 1 heterocycles. The third kappa shape index (κ3) is 1.55. The molecule has 1 aliphatic rings. The molecule has 0 fully saturated rings. The van der Waals surface area contributed by atoms with Crippen LogP contribution in [0.3, 0.4) is 0 Å². The van der Waals surface area contributed by atoms with Crippen LogP contribution >= 0.6 is 11.6 Å². The third-order valence-electron chi connectivity index (χ3n) is 2.49. The molecule has 0 saturated carbocycles. The van der Waals surface area contributed by atoms with Gasteiger partial charge in [-0.15, -0.1) is 0 Å². The van der Waals surface area contributed by atoms with Crippen LogP contribution in [0.4, 0.5) is 5.82 Å². The zero-order chi connectivity index (χ0) is 11.0. The van der Waals surface area contributed by atoms with Gasteiger partial charge in [-0.1, -0.05) is 11.6 Å². The monoisotopic (exact) mass is 226 g/mol. The van der Waals surface area contributed by atoms with E-state index in [2.05, 4.69) is 4.98 Å². The van der Waals surface area contributed by atoms with Crippen molar-refractivity contribution in [3.63, 3.8) is 0 Å². The summed E-state index contributed by atoms with van der Waals surface area (Å²) in [5.74, 6) is -0.244. The van der Waals surface area contributed by atoms with Crippen molar-refractivity contribution in [2.75, 3.05) is 12.3 Å². The highest BCUT2D eigenvalue weighted by Gasteiger charge is 2.28. The van der Waals surface area contributed by atoms with E-state index in [4.69, 9.17) is 22.1 Å². The van der Waals surface area contributed by atoms with E-state index < -0.39 is 5.97 Å². The van der Waals surface area contributed by atoms with Gasteiger partial charge < -0.3 is 10.5 Å². The van der Waals surface area contributed by atoms with Gasteiger partial charge in [-0.25, -0.2) is 9.78 Å². The fraction of sp³-hybridized carbons (Fsp3) is 0.400. The summed E-state index contributed by atoms with van der Waals surface area (Å²) in [5.41, 5.74) is 7.87. The molecule has 0 aliphatic heterocycles. The van der Waals surface area contributed by atoms with Crippen LogP contribution in [0, 0.1) is 0 Å². The second-order valence-corrected chi connectivity index (χ2v) is 3.70. The van der Waals surface area contributed by atoms with Crippen LogP contribution in [0.25, 0.3) is 0 Å². The minimum Gasteiger partial charge on any atom is -0.462 e. The zero-order valence-electron chi connectivity index (χ0n) is 8.34. The quantitative estimate of drug-likeness (QED) is 0.615. The fourth-order valence-electron chi connectivity index (χ4n) is 1.69. The number of hydrogen-bond donors (Lipinski definition) is 1. The van der Waals surface area contributed by atoms with Crippen molar-refractivity contribution in [2.24, 2.45) is 0 Å². The Bertz CT molecular complexity index is 432. The summed E-state index contributed by atoms with van der Waals surface area (Å²) >= 11 is 5.88. The summed E-state index contributed by atoms with van der Waals surface area (Å²) in [6, 6.07) is 0. The van der Waals surface area contributed by atoms with Gasteiger partial charge in [0.25, 0.3) is 0 Å². The number of halogens is 1. The number of esters is 1. The van der Waals surface area contributed by atoms with Crippen LogP contribution in [0.15, 0.2) is 0 Å². The molecule has 0 unspecified atom stereocenters. The summed E-state index contributed by atoms with van der Waals surface area (Å²) in [5, 5.41) is 0.404. The molecule has 2 N–H and O–H groups in total. The number of rotatable bonds is 2. The predicted molar refractivity (Wildman–Crippen MR) is 57.0 cm³/mol. The highest BCUT2D eigenvalue weighted by molar-refractivity contribution is 6.30. The Kier molecular flexibility index (Phi) is 2.52. The number of nitrogen functional groups attached to an aromatic ring is 1. The Morgan fingerprint density at radius 1 is 1.53 bits per heavy atom. The largest absolute Gasteiger partial charge is 0.462 e. The first-order valence-corrected chi connectivity index (χ1v) is 5.16. The van der Waals surface area contributed by atoms with Crippen molar-refractivity contribution in [1.29, 1.82) is 0 Å². The Morgan fingerprint density at radius 3 is 2.73 bits per heavy atom. The van der Waals surface area contributed by atoms with Crippen molar-refractivity contribution >= 4 is 23.4 Å². The molecule has 5 heteroatoms. The van der Waals surface area contributed by atoms with Gasteiger partial charge in [0, 0.05) is 0 Å². The van der Waals surface area contributed by atoms with E-state index in [1.54, 1.807) is 6.92 Å². The molecule has 0 bridgehead atoms. The number of hydrogen-bond acceptors (Lipinski definition) is 4.